The molecule has 5 heteroatoms. The SMILES string of the molecule is CCNC(Cc1cn(C)nn1)c1ccc(N(C)C)cc1. The summed E-state index contributed by atoms with van der Waals surface area (Å²) in [6, 6.07) is 8.93. The molecule has 0 bridgehead atoms. The van der Waals surface area contributed by atoms with Gasteiger partial charge in [0.15, 0.2) is 0 Å². The molecule has 108 valence electrons. The van der Waals surface area contributed by atoms with E-state index in [1.807, 2.05) is 13.2 Å². The van der Waals surface area contributed by atoms with E-state index in [4.69, 9.17) is 0 Å². The molecule has 1 atom stereocenters. The topological polar surface area (TPSA) is 46.0 Å². The van der Waals surface area contributed by atoms with E-state index >= 15 is 0 Å². The van der Waals surface area contributed by atoms with Crippen LogP contribution in [0.4, 0.5) is 5.69 Å². The van der Waals surface area contributed by atoms with E-state index in [0.717, 1.165) is 18.7 Å². The van der Waals surface area contributed by atoms with Gasteiger partial charge in [-0.3, -0.25) is 4.68 Å². The number of nitrogens with zero attached hydrogens (tertiary/aromatic N) is 4. The number of aryl methyl sites for hydroxylation is 1. The molecule has 1 unspecified atom stereocenters. The molecule has 0 aliphatic carbocycles. The number of likely N-dealkylation sites (N-methyl/N-ethyl adjacent to an activating group) is 1. The number of benzene rings is 1. The fourth-order valence-corrected chi connectivity index (χ4v) is 2.26. The second-order valence-electron chi connectivity index (χ2n) is 5.18. The highest BCUT2D eigenvalue weighted by molar-refractivity contribution is 5.46. The van der Waals surface area contributed by atoms with Gasteiger partial charge >= 0.3 is 0 Å². The molecule has 0 aliphatic rings. The molecule has 1 aromatic heterocycles. The van der Waals surface area contributed by atoms with Gasteiger partial charge in [-0.05, 0) is 24.2 Å². The molecule has 1 heterocycles. The first-order valence-electron chi connectivity index (χ1n) is 6.96. The number of hydrogen-bond donors (Lipinski definition) is 1. The lowest BCUT2D eigenvalue weighted by atomic mass is 10.0. The van der Waals surface area contributed by atoms with E-state index in [1.165, 1.54) is 11.3 Å². The highest BCUT2D eigenvalue weighted by Crippen LogP contribution is 2.20. The predicted molar refractivity (Wildman–Crippen MR) is 81.9 cm³/mol. The lowest BCUT2D eigenvalue weighted by molar-refractivity contribution is 0.543. The normalized spacial score (nSPS) is 12.4. The monoisotopic (exact) mass is 273 g/mol. The smallest absolute Gasteiger partial charge is 0.0845 e. The molecule has 1 N–H and O–H groups in total. The van der Waals surface area contributed by atoms with Crippen molar-refractivity contribution >= 4 is 5.69 Å². The third-order valence-electron chi connectivity index (χ3n) is 3.33. The molecule has 0 saturated heterocycles. The zero-order chi connectivity index (χ0) is 14.5. The van der Waals surface area contributed by atoms with E-state index in [-0.39, 0.29) is 6.04 Å². The highest BCUT2D eigenvalue weighted by Gasteiger charge is 2.13. The van der Waals surface area contributed by atoms with Crippen LogP contribution in [-0.4, -0.2) is 35.6 Å². The summed E-state index contributed by atoms with van der Waals surface area (Å²) in [5.41, 5.74) is 3.50. The van der Waals surface area contributed by atoms with Crippen molar-refractivity contribution in [3.8, 4) is 0 Å². The zero-order valence-electron chi connectivity index (χ0n) is 12.7. The molecule has 1 aromatic carbocycles. The molecule has 0 fully saturated rings. The van der Waals surface area contributed by atoms with Crippen molar-refractivity contribution in [1.29, 1.82) is 0 Å². The second-order valence-corrected chi connectivity index (χ2v) is 5.18. The van der Waals surface area contributed by atoms with Crippen molar-refractivity contribution in [2.45, 2.75) is 19.4 Å². The second kappa shape index (κ2) is 6.52. The first-order valence-corrected chi connectivity index (χ1v) is 6.96. The van der Waals surface area contributed by atoms with Crippen LogP contribution in [0.5, 0.6) is 0 Å². The Morgan fingerprint density at radius 1 is 1.25 bits per heavy atom. The van der Waals surface area contributed by atoms with Crippen molar-refractivity contribution in [2.75, 3.05) is 25.5 Å². The molecule has 0 amide bonds. The van der Waals surface area contributed by atoms with E-state index < -0.39 is 0 Å². The predicted octanol–water partition coefficient (Wildman–Crippen LogP) is 1.77. The van der Waals surface area contributed by atoms with Gasteiger partial charge in [0.25, 0.3) is 0 Å². The summed E-state index contributed by atoms with van der Waals surface area (Å²) in [7, 11) is 6.00. The molecule has 5 nitrogen and oxygen atoms in total. The van der Waals surface area contributed by atoms with Crippen LogP contribution < -0.4 is 10.2 Å². The van der Waals surface area contributed by atoms with Crippen LogP contribution in [0.25, 0.3) is 0 Å². The standard InChI is InChI=1S/C15H23N5/c1-5-16-15(10-13-11-20(4)18-17-13)12-6-8-14(9-7-12)19(2)3/h6-9,11,15-16H,5,10H2,1-4H3. The van der Waals surface area contributed by atoms with Crippen molar-refractivity contribution < 1.29 is 0 Å². The lowest BCUT2D eigenvalue weighted by Crippen LogP contribution is -2.23. The van der Waals surface area contributed by atoms with Gasteiger partial charge in [-0.2, -0.15) is 0 Å². The van der Waals surface area contributed by atoms with Gasteiger partial charge in [-0.15, -0.1) is 5.10 Å². The molecule has 20 heavy (non-hydrogen) atoms. The van der Waals surface area contributed by atoms with Crippen molar-refractivity contribution in [3.63, 3.8) is 0 Å². The Kier molecular flexibility index (Phi) is 4.74. The van der Waals surface area contributed by atoms with Crippen LogP contribution in [0.2, 0.25) is 0 Å². The summed E-state index contributed by atoms with van der Waals surface area (Å²) in [6.07, 6.45) is 2.82. The van der Waals surface area contributed by atoms with E-state index in [0.29, 0.717) is 0 Å². The van der Waals surface area contributed by atoms with Crippen molar-refractivity contribution in [3.05, 3.63) is 41.7 Å². The minimum atomic E-state index is 0.271. The van der Waals surface area contributed by atoms with Gasteiger partial charge in [-0.1, -0.05) is 24.3 Å². The molecule has 2 aromatic rings. The van der Waals surface area contributed by atoms with Crippen LogP contribution >= 0.6 is 0 Å². The lowest BCUT2D eigenvalue weighted by Gasteiger charge is -2.19. The van der Waals surface area contributed by atoms with Crippen molar-refractivity contribution in [1.82, 2.24) is 20.3 Å². The van der Waals surface area contributed by atoms with Gasteiger partial charge in [0.1, 0.15) is 0 Å². The van der Waals surface area contributed by atoms with Crippen molar-refractivity contribution in [2.24, 2.45) is 7.05 Å². The largest absolute Gasteiger partial charge is 0.378 e. The van der Waals surface area contributed by atoms with Crippen LogP contribution in [-0.2, 0) is 13.5 Å². The summed E-state index contributed by atoms with van der Waals surface area (Å²) in [5.74, 6) is 0. The molecule has 0 spiro atoms. The highest BCUT2D eigenvalue weighted by atomic mass is 15.4. The maximum Gasteiger partial charge on any atom is 0.0845 e. The number of rotatable bonds is 6. The minimum Gasteiger partial charge on any atom is -0.378 e. The van der Waals surface area contributed by atoms with E-state index in [9.17, 15) is 0 Å². The Bertz CT molecular complexity index is 529. The average molecular weight is 273 g/mol. The van der Waals surface area contributed by atoms with Gasteiger partial charge in [-0.25, -0.2) is 0 Å². The minimum absolute atomic E-state index is 0.271. The quantitative estimate of drug-likeness (QED) is 0.871. The molecular formula is C15H23N5. The van der Waals surface area contributed by atoms with Crippen LogP contribution in [0.1, 0.15) is 24.2 Å². The maximum atomic E-state index is 4.17. The summed E-state index contributed by atoms with van der Waals surface area (Å²) < 4.78 is 1.74. The van der Waals surface area contributed by atoms with Crippen LogP contribution in [0, 0.1) is 0 Å². The number of nitrogens with one attached hydrogen (secondary N) is 1. The van der Waals surface area contributed by atoms with Gasteiger partial charge < -0.3 is 10.2 Å². The van der Waals surface area contributed by atoms with E-state index in [2.05, 4.69) is 65.8 Å². The summed E-state index contributed by atoms with van der Waals surface area (Å²) in [5, 5.41) is 11.7. The first kappa shape index (κ1) is 14.5. The van der Waals surface area contributed by atoms with Gasteiger partial charge in [0.2, 0.25) is 0 Å². The zero-order valence-corrected chi connectivity index (χ0v) is 12.7. The Labute approximate surface area is 120 Å². The van der Waals surface area contributed by atoms with Gasteiger partial charge in [0, 0.05) is 45.5 Å². The summed E-state index contributed by atoms with van der Waals surface area (Å²) >= 11 is 0. The summed E-state index contributed by atoms with van der Waals surface area (Å²) in [4.78, 5) is 2.11. The third-order valence-corrected chi connectivity index (χ3v) is 3.33. The molecular weight excluding hydrogens is 250 g/mol. The Balaban J connectivity index is 2.15. The van der Waals surface area contributed by atoms with E-state index in [1.54, 1.807) is 4.68 Å². The number of aromatic nitrogens is 3. The fourth-order valence-electron chi connectivity index (χ4n) is 2.26. The maximum absolute atomic E-state index is 4.17. The fraction of sp³-hybridized carbons (Fsp3) is 0.467. The molecule has 0 saturated carbocycles. The van der Waals surface area contributed by atoms with Crippen LogP contribution in [0.3, 0.4) is 0 Å². The molecule has 2 rings (SSSR count). The molecule has 0 radical (unpaired) electrons. The summed E-state index contributed by atoms with van der Waals surface area (Å²) in [6.45, 7) is 3.05. The number of anilines is 1. The van der Waals surface area contributed by atoms with Gasteiger partial charge in [0.05, 0.1) is 5.69 Å². The van der Waals surface area contributed by atoms with Crippen LogP contribution in [0.15, 0.2) is 30.5 Å². The number of hydrogen-bond acceptors (Lipinski definition) is 4. The Morgan fingerprint density at radius 2 is 1.95 bits per heavy atom. The Morgan fingerprint density at radius 3 is 2.45 bits per heavy atom. The average Bonchev–Trinajstić information content (AvgIpc) is 2.84. The molecule has 0 aliphatic heterocycles. The third kappa shape index (κ3) is 3.57. The first-order chi connectivity index (χ1) is 9.60. The Hall–Kier alpha value is -1.88.